The molecule has 0 spiro atoms. The van der Waals surface area contributed by atoms with Crippen LogP contribution in [0.5, 0.6) is 0 Å². The number of carbonyl (C=O) groups is 1. The Hall–Kier alpha value is -2.13. The highest BCUT2D eigenvalue weighted by Crippen LogP contribution is 2.69. The van der Waals surface area contributed by atoms with Crippen molar-refractivity contribution in [2.45, 2.75) is 53.0 Å². The highest BCUT2D eigenvalue weighted by Gasteiger charge is 2.69. The predicted molar refractivity (Wildman–Crippen MR) is 125 cm³/mol. The van der Waals surface area contributed by atoms with E-state index in [1.54, 1.807) is 0 Å². The Morgan fingerprint density at radius 3 is 1.97 bits per heavy atom. The molecule has 2 aliphatic rings. The molecule has 2 aromatic rings. The number of hydrogen-bond acceptors (Lipinski definition) is 2. The molecule has 1 aliphatic heterocycles. The Bertz CT molecular complexity index is 837. The maximum absolute atomic E-state index is 13.7. The number of hydrogen-bond donors (Lipinski definition) is 0. The van der Waals surface area contributed by atoms with Crippen molar-refractivity contribution in [1.82, 2.24) is 4.90 Å². The minimum absolute atomic E-state index is 0.0630. The highest BCUT2D eigenvalue weighted by molar-refractivity contribution is 5.98. The Labute approximate surface area is 182 Å². The van der Waals surface area contributed by atoms with E-state index in [-0.39, 0.29) is 16.7 Å². The SMILES string of the molecule is CC1(C)C(C(=O)N(c2ccccc2)C2CCN(CCc3ccccc3)CC2)C1(C)C. The molecular weight excluding hydrogens is 368 g/mol. The molecule has 1 aliphatic carbocycles. The predicted octanol–water partition coefficient (Wildman–Crippen LogP) is 5.41. The monoisotopic (exact) mass is 404 g/mol. The third-order valence-electron chi connectivity index (χ3n) is 8.02. The van der Waals surface area contributed by atoms with Crippen LogP contribution >= 0.6 is 0 Å². The van der Waals surface area contributed by atoms with E-state index in [0.717, 1.165) is 44.6 Å². The molecule has 3 nitrogen and oxygen atoms in total. The number of nitrogens with zero attached hydrogens (tertiary/aromatic N) is 2. The lowest BCUT2D eigenvalue weighted by Gasteiger charge is -2.39. The van der Waals surface area contributed by atoms with Crippen molar-refractivity contribution in [2.75, 3.05) is 24.5 Å². The molecular formula is C27H36N2O. The average molecular weight is 405 g/mol. The first-order chi connectivity index (χ1) is 14.3. The van der Waals surface area contributed by atoms with E-state index in [4.69, 9.17) is 0 Å². The number of para-hydroxylation sites is 1. The van der Waals surface area contributed by atoms with Crippen molar-refractivity contribution >= 4 is 11.6 Å². The van der Waals surface area contributed by atoms with Gasteiger partial charge in [0.2, 0.25) is 5.91 Å². The van der Waals surface area contributed by atoms with Crippen LogP contribution in [0, 0.1) is 16.7 Å². The first-order valence-corrected chi connectivity index (χ1v) is 11.5. The summed E-state index contributed by atoms with van der Waals surface area (Å²) in [5, 5.41) is 0. The highest BCUT2D eigenvalue weighted by atomic mass is 16.2. The zero-order valence-corrected chi connectivity index (χ0v) is 19.0. The van der Waals surface area contributed by atoms with Gasteiger partial charge in [0.15, 0.2) is 0 Å². The van der Waals surface area contributed by atoms with E-state index in [1.807, 2.05) is 18.2 Å². The van der Waals surface area contributed by atoms with Crippen LogP contribution in [-0.4, -0.2) is 36.5 Å². The van der Waals surface area contributed by atoms with Gasteiger partial charge in [-0.1, -0.05) is 76.2 Å². The van der Waals surface area contributed by atoms with Crippen LogP contribution in [0.25, 0.3) is 0 Å². The van der Waals surface area contributed by atoms with Crippen molar-refractivity contribution in [1.29, 1.82) is 0 Å². The molecule has 1 saturated carbocycles. The Morgan fingerprint density at radius 1 is 0.900 bits per heavy atom. The molecule has 2 fully saturated rings. The van der Waals surface area contributed by atoms with Gasteiger partial charge in [0, 0.05) is 37.3 Å². The molecule has 0 bridgehead atoms. The normalized spacial score (nSPS) is 21.3. The molecule has 0 unspecified atom stereocenters. The Kier molecular flexibility index (Phi) is 5.76. The molecule has 0 N–H and O–H groups in total. The molecule has 2 aromatic carbocycles. The van der Waals surface area contributed by atoms with E-state index in [2.05, 4.69) is 80.0 Å². The summed E-state index contributed by atoms with van der Waals surface area (Å²) >= 11 is 0. The van der Waals surface area contributed by atoms with Crippen molar-refractivity contribution in [3.05, 3.63) is 66.2 Å². The lowest BCUT2D eigenvalue weighted by Crippen LogP contribution is -2.49. The van der Waals surface area contributed by atoms with Crippen molar-refractivity contribution in [3.8, 4) is 0 Å². The summed E-state index contributed by atoms with van der Waals surface area (Å²) in [6, 6.07) is 21.3. The summed E-state index contributed by atoms with van der Waals surface area (Å²) in [4.78, 5) is 18.4. The number of likely N-dealkylation sites (tertiary alicyclic amines) is 1. The van der Waals surface area contributed by atoms with Crippen molar-refractivity contribution in [2.24, 2.45) is 16.7 Å². The molecule has 160 valence electrons. The van der Waals surface area contributed by atoms with Gasteiger partial charge >= 0.3 is 0 Å². The number of amides is 1. The zero-order chi connectivity index (χ0) is 21.4. The third kappa shape index (κ3) is 3.92. The lowest BCUT2D eigenvalue weighted by molar-refractivity contribution is -0.121. The van der Waals surface area contributed by atoms with E-state index in [9.17, 15) is 4.79 Å². The number of benzene rings is 2. The first kappa shape index (κ1) is 21.1. The van der Waals surface area contributed by atoms with E-state index in [1.165, 1.54) is 5.56 Å². The van der Waals surface area contributed by atoms with Crippen molar-refractivity contribution < 1.29 is 4.79 Å². The maximum Gasteiger partial charge on any atom is 0.231 e. The summed E-state index contributed by atoms with van der Waals surface area (Å²) in [5.41, 5.74) is 2.59. The second-order valence-electron chi connectivity index (χ2n) is 10.2. The summed E-state index contributed by atoms with van der Waals surface area (Å²) in [6.07, 6.45) is 3.18. The maximum atomic E-state index is 13.7. The largest absolute Gasteiger partial charge is 0.309 e. The Balaban J connectivity index is 1.43. The van der Waals surface area contributed by atoms with Gasteiger partial charge in [0.05, 0.1) is 0 Å². The zero-order valence-electron chi connectivity index (χ0n) is 19.0. The molecule has 0 aromatic heterocycles. The van der Waals surface area contributed by atoms with Crippen LogP contribution in [0.4, 0.5) is 5.69 Å². The molecule has 1 heterocycles. The van der Waals surface area contributed by atoms with Crippen LogP contribution in [0.2, 0.25) is 0 Å². The van der Waals surface area contributed by atoms with Gasteiger partial charge in [-0.05, 0) is 47.8 Å². The summed E-state index contributed by atoms with van der Waals surface area (Å²) in [6.45, 7) is 12.2. The van der Waals surface area contributed by atoms with Crippen LogP contribution in [0.3, 0.4) is 0 Å². The molecule has 1 amide bonds. The summed E-state index contributed by atoms with van der Waals surface area (Å²) in [7, 11) is 0. The van der Waals surface area contributed by atoms with E-state index < -0.39 is 0 Å². The molecule has 3 heteroatoms. The lowest BCUT2D eigenvalue weighted by atomic mass is 9.99. The second kappa shape index (κ2) is 8.19. The number of carbonyl (C=O) groups excluding carboxylic acids is 1. The topological polar surface area (TPSA) is 23.6 Å². The van der Waals surface area contributed by atoms with Gasteiger partial charge in [-0.15, -0.1) is 0 Å². The number of anilines is 1. The van der Waals surface area contributed by atoms with Crippen molar-refractivity contribution in [3.63, 3.8) is 0 Å². The van der Waals surface area contributed by atoms with Gasteiger partial charge in [0.25, 0.3) is 0 Å². The van der Waals surface area contributed by atoms with Gasteiger partial charge < -0.3 is 9.80 Å². The van der Waals surface area contributed by atoms with Crippen LogP contribution < -0.4 is 4.90 Å². The second-order valence-corrected chi connectivity index (χ2v) is 10.2. The summed E-state index contributed by atoms with van der Waals surface area (Å²) < 4.78 is 0. The fourth-order valence-electron chi connectivity index (χ4n) is 5.39. The standard InChI is InChI=1S/C27H36N2O/c1-26(2)24(27(26,3)4)25(30)29(22-13-9-6-10-14-22)23-16-19-28(20-17-23)18-15-21-11-7-5-8-12-21/h5-14,23-24H,15-20H2,1-4H3. The van der Waals surface area contributed by atoms with Gasteiger partial charge in [0.1, 0.15) is 0 Å². The fraction of sp³-hybridized carbons (Fsp3) is 0.519. The van der Waals surface area contributed by atoms with Crippen LogP contribution in [0.1, 0.15) is 46.1 Å². The molecule has 0 radical (unpaired) electrons. The number of rotatable bonds is 6. The average Bonchev–Trinajstić information content (AvgIpc) is 3.17. The van der Waals surface area contributed by atoms with E-state index in [0.29, 0.717) is 11.9 Å². The third-order valence-corrected chi connectivity index (χ3v) is 8.02. The van der Waals surface area contributed by atoms with Gasteiger partial charge in [-0.3, -0.25) is 4.79 Å². The minimum atomic E-state index is 0.0630. The molecule has 0 atom stereocenters. The summed E-state index contributed by atoms with van der Waals surface area (Å²) in [5.74, 6) is 0.417. The smallest absolute Gasteiger partial charge is 0.231 e. The molecule has 30 heavy (non-hydrogen) atoms. The van der Waals surface area contributed by atoms with Gasteiger partial charge in [-0.25, -0.2) is 0 Å². The van der Waals surface area contributed by atoms with Crippen LogP contribution in [-0.2, 0) is 11.2 Å². The molecule has 1 saturated heterocycles. The van der Waals surface area contributed by atoms with Gasteiger partial charge in [-0.2, -0.15) is 0 Å². The van der Waals surface area contributed by atoms with E-state index >= 15 is 0 Å². The Morgan fingerprint density at radius 2 is 1.43 bits per heavy atom. The fourth-order valence-corrected chi connectivity index (χ4v) is 5.39. The quantitative estimate of drug-likeness (QED) is 0.643. The minimum Gasteiger partial charge on any atom is -0.309 e. The number of piperidine rings is 1. The molecule has 4 rings (SSSR count). The first-order valence-electron chi connectivity index (χ1n) is 11.5. The van der Waals surface area contributed by atoms with Crippen LogP contribution in [0.15, 0.2) is 60.7 Å².